The first-order valence-electron chi connectivity index (χ1n) is 10.1. The van der Waals surface area contributed by atoms with E-state index in [-0.39, 0.29) is 11.8 Å². The highest BCUT2D eigenvalue weighted by Gasteiger charge is 2.25. The molecule has 0 saturated carbocycles. The highest BCUT2D eigenvalue weighted by atomic mass is 16.2. The zero-order chi connectivity index (χ0) is 20.9. The standard InChI is InChI=1S/C24H24N4O2/c1-25-23(29)19-7-4-5-17(15-19)11-13-26-22-10-9-20(16-27-22)24(30)28-14-12-18-6-2-3-8-21(18)28/h2-10,15-16H,11-14H2,1H3,(H,25,29)(H,26,27). The molecule has 0 unspecified atom stereocenters. The molecule has 2 aromatic carbocycles. The van der Waals surface area contributed by atoms with Gasteiger partial charge in [-0.1, -0.05) is 30.3 Å². The van der Waals surface area contributed by atoms with Crippen LogP contribution < -0.4 is 15.5 Å². The number of nitrogens with one attached hydrogen (secondary N) is 2. The van der Waals surface area contributed by atoms with Gasteiger partial charge in [-0.3, -0.25) is 9.59 Å². The predicted molar refractivity (Wildman–Crippen MR) is 118 cm³/mol. The van der Waals surface area contributed by atoms with Crippen molar-refractivity contribution in [1.29, 1.82) is 0 Å². The largest absolute Gasteiger partial charge is 0.370 e. The highest BCUT2D eigenvalue weighted by Crippen LogP contribution is 2.28. The minimum atomic E-state index is -0.0904. The van der Waals surface area contributed by atoms with Crippen molar-refractivity contribution in [3.8, 4) is 0 Å². The molecule has 0 radical (unpaired) electrons. The minimum absolute atomic E-state index is 0.0231. The number of rotatable bonds is 6. The molecule has 2 amide bonds. The van der Waals surface area contributed by atoms with Crippen LogP contribution in [0, 0.1) is 0 Å². The van der Waals surface area contributed by atoms with E-state index in [1.165, 1.54) is 5.56 Å². The van der Waals surface area contributed by atoms with E-state index in [0.717, 1.165) is 29.9 Å². The summed E-state index contributed by atoms with van der Waals surface area (Å²) in [6.07, 6.45) is 3.27. The van der Waals surface area contributed by atoms with Crippen molar-refractivity contribution in [2.45, 2.75) is 12.8 Å². The molecule has 1 aliphatic heterocycles. The molecule has 2 heterocycles. The van der Waals surface area contributed by atoms with Crippen LogP contribution in [0.15, 0.2) is 66.9 Å². The van der Waals surface area contributed by atoms with E-state index < -0.39 is 0 Å². The molecule has 1 aromatic heterocycles. The van der Waals surface area contributed by atoms with E-state index in [1.807, 2.05) is 53.4 Å². The second kappa shape index (κ2) is 8.78. The first-order valence-corrected chi connectivity index (χ1v) is 10.1. The van der Waals surface area contributed by atoms with Gasteiger partial charge in [0.25, 0.3) is 11.8 Å². The summed E-state index contributed by atoms with van der Waals surface area (Å²) < 4.78 is 0. The molecule has 0 aliphatic carbocycles. The van der Waals surface area contributed by atoms with Crippen LogP contribution in [0.1, 0.15) is 31.8 Å². The van der Waals surface area contributed by atoms with E-state index in [2.05, 4.69) is 21.7 Å². The van der Waals surface area contributed by atoms with Crippen molar-refractivity contribution in [3.05, 3.63) is 89.1 Å². The van der Waals surface area contributed by atoms with Gasteiger partial charge in [-0.05, 0) is 54.3 Å². The zero-order valence-corrected chi connectivity index (χ0v) is 16.9. The van der Waals surface area contributed by atoms with Gasteiger partial charge in [0.1, 0.15) is 5.82 Å². The van der Waals surface area contributed by atoms with Crippen molar-refractivity contribution in [2.24, 2.45) is 0 Å². The summed E-state index contributed by atoms with van der Waals surface area (Å²) >= 11 is 0. The lowest BCUT2D eigenvalue weighted by atomic mass is 10.1. The lowest BCUT2D eigenvalue weighted by Gasteiger charge is -2.17. The number of hydrogen-bond donors (Lipinski definition) is 2. The number of anilines is 2. The maximum Gasteiger partial charge on any atom is 0.259 e. The first-order chi connectivity index (χ1) is 14.7. The second-order valence-corrected chi connectivity index (χ2v) is 7.22. The number of carbonyl (C=O) groups excluding carboxylic acids is 2. The fourth-order valence-corrected chi connectivity index (χ4v) is 3.68. The van der Waals surface area contributed by atoms with Gasteiger partial charge in [-0.25, -0.2) is 4.98 Å². The average Bonchev–Trinajstić information content (AvgIpc) is 3.23. The number of hydrogen-bond acceptors (Lipinski definition) is 4. The lowest BCUT2D eigenvalue weighted by molar-refractivity contribution is 0.0960. The van der Waals surface area contributed by atoms with Gasteiger partial charge >= 0.3 is 0 Å². The van der Waals surface area contributed by atoms with Crippen LogP contribution in [-0.4, -0.2) is 36.9 Å². The number of para-hydroxylation sites is 1. The number of amides is 2. The van der Waals surface area contributed by atoms with Crippen LogP contribution >= 0.6 is 0 Å². The first kappa shape index (κ1) is 19.6. The Morgan fingerprint density at radius 2 is 1.90 bits per heavy atom. The zero-order valence-electron chi connectivity index (χ0n) is 16.9. The molecule has 0 bridgehead atoms. The Hall–Kier alpha value is -3.67. The topological polar surface area (TPSA) is 74.3 Å². The van der Waals surface area contributed by atoms with Crippen molar-refractivity contribution >= 4 is 23.3 Å². The average molecular weight is 400 g/mol. The maximum atomic E-state index is 12.9. The molecule has 2 N–H and O–H groups in total. The van der Waals surface area contributed by atoms with Crippen LogP contribution in [0.5, 0.6) is 0 Å². The molecule has 152 valence electrons. The van der Waals surface area contributed by atoms with Crippen molar-refractivity contribution in [1.82, 2.24) is 10.3 Å². The number of carbonyl (C=O) groups is 2. The summed E-state index contributed by atoms with van der Waals surface area (Å²) in [5.41, 5.74) is 4.50. The summed E-state index contributed by atoms with van der Waals surface area (Å²) in [6, 6.07) is 19.2. The fourth-order valence-electron chi connectivity index (χ4n) is 3.68. The fraction of sp³-hybridized carbons (Fsp3) is 0.208. The monoisotopic (exact) mass is 400 g/mol. The minimum Gasteiger partial charge on any atom is -0.370 e. The Morgan fingerprint density at radius 1 is 1.03 bits per heavy atom. The summed E-state index contributed by atoms with van der Waals surface area (Å²) in [5, 5.41) is 5.91. The molecule has 6 heteroatoms. The molecular formula is C24H24N4O2. The van der Waals surface area contributed by atoms with E-state index in [9.17, 15) is 9.59 Å². The van der Waals surface area contributed by atoms with Crippen LogP contribution in [0.2, 0.25) is 0 Å². The summed E-state index contributed by atoms with van der Waals surface area (Å²) in [5.74, 6) is 0.605. The Balaban J connectivity index is 1.34. The summed E-state index contributed by atoms with van der Waals surface area (Å²) in [6.45, 7) is 1.38. The number of pyridine rings is 1. The number of benzene rings is 2. The third-order valence-electron chi connectivity index (χ3n) is 5.28. The Labute approximate surface area is 175 Å². The van der Waals surface area contributed by atoms with Crippen LogP contribution in [0.3, 0.4) is 0 Å². The van der Waals surface area contributed by atoms with E-state index in [4.69, 9.17) is 0 Å². The van der Waals surface area contributed by atoms with Crippen LogP contribution in [0.25, 0.3) is 0 Å². The normalized spacial score (nSPS) is 12.4. The van der Waals surface area contributed by atoms with Gasteiger partial charge in [0.2, 0.25) is 0 Å². The molecule has 0 atom stereocenters. The van der Waals surface area contributed by atoms with Crippen molar-refractivity contribution in [3.63, 3.8) is 0 Å². The van der Waals surface area contributed by atoms with Gasteiger partial charge < -0.3 is 15.5 Å². The quantitative estimate of drug-likeness (QED) is 0.666. The summed E-state index contributed by atoms with van der Waals surface area (Å²) in [4.78, 5) is 30.8. The smallest absolute Gasteiger partial charge is 0.259 e. The predicted octanol–water partition coefficient (Wildman–Crippen LogP) is 3.30. The molecular weight excluding hydrogens is 376 g/mol. The van der Waals surface area contributed by atoms with E-state index in [1.54, 1.807) is 19.3 Å². The number of aromatic nitrogens is 1. The molecule has 1 aliphatic rings. The molecule has 4 rings (SSSR count). The molecule has 30 heavy (non-hydrogen) atoms. The van der Waals surface area contributed by atoms with Gasteiger partial charge in [0, 0.05) is 37.6 Å². The van der Waals surface area contributed by atoms with E-state index in [0.29, 0.717) is 24.2 Å². The number of nitrogens with zero attached hydrogens (tertiary/aromatic N) is 2. The third-order valence-corrected chi connectivity index (χ3v) is 5.28. The molecule has 0 saturated heterocycles. The third kappa shape index (κ3) is 4.17. The molecule has 0 fully saturated rings. The lowest BCUT2D eigenvalue weighted by Crippen LogP contribution is -2.28. The van der Waals surface area contributed by atoms with Crippen molar-refractivity contribution < 1.29 is 9.59 Å². The molecule has 6 nitrogen and oxygen atoms in total. The van der Waals surface area contributed by atoms with Crippen molar-refractivity contribution in [2.75, 3.05) is 30.4 Å². The molecule has 0 spiro atoms. The Morgan fingerprint density at radius 3 is 2.70 bits per heavy atom. The van der Waals surface area contributed by atoms with E-state index >= 15 is 0 Å². The van der Waals surface area contributed by atoms with Crippen LogP contribution in [0.4, 0.5) is 11.5 Å². The Kier molecular flexibility index (Phi) is 5.75. The molecule has 3 aromatic rings. The van der Waals surface area contributed by atoms with Gasteiger partial charge in [-0.2, -0.15) is 0 Å². The second-order valence-electron chi connectivity index (χ2n) is 7.22. The summed E-state index contributed by atoms with van der Waals surface area (Å²) in [7, 11) is 1.62. The van der Waals surface area contributed by atoms with Gasteiger partial charge in [0.15, 0.2) is 0 Å². The van der Waals surface area contributed by atoms with Gasteiger partial charge in [-0.15, -0.1) is 0 Å². The van der Waals surface area contributed by atoms with Gasteiger partial charge in [0.05, 0.1) is 5.56 Å². The SMILES string of the molecule is CNC(=O)c1cccc(CCNc2ccc(C(=O)N3CCc4ccccc43)cn2)c1. The highest BCUT2D eigenvalue weighted by molar-refractivity contribution is 6.07. The van der Waals surface area contributed by atoms with Crippen LogP contribution in [-0.2, 0) is 12.8 Å². The number of fused-ring (bicyclic) bond motifs is 1. The Bertz CT molecular complexity index is 1060. The maximum absolute atomic E-state index is 12.9.